The van der Waals surface area contributed by atoms with Crippen LogP contribution in [0.5, 0.6) is 0 Å². The van der Waals surface area contributed by atoms with E-state index in [1.54, 1.807) is 0 Å². The highest BCUT2D eigenvalue weighted by Crippen LogP contribution is 2.12. The van der Waals surface area contributed by atoms with Gasteiger partial charge in [-0.3, -0.25) is 14.4 Å². The molecule has 2 amide bonds. The smallest absolute Gasteiger partial charge is 0.220 e. The van der Waals surface area contributed by atoms with Crippen molar-refractivity contribution in [3.05, 3.63) is 90.0 Å². The Labute approximate surface area is 237 Å². The van der Waals surface area contributed by atoms with Crippen molar-refractivity contribution in [1.29, 1.82) is 0 Å². The molecule has 0 radical (unpaired) electrons. The van der Waals surface area contributed by atoms with E-state index in [1.807, 2.05) is 45.2 Å². The van der Waals surface area contributed by atoms with Gasteiger partial charge >= 0.3 is 0 Å². The van der Waals surface area contributed by atoms with Gasteiger partial charge in [-0.05, 0) is 69.0 Å². The van der Waals surface area contributed by atoms with Gasteiger partial charge in [0.05, 0.1) is 0 Å². The Balaban J connectivity index is -0.000000537. The number of primary amides is 1. The van der Waals surface area contributed by atoms with Gasteiger partial charge in [-0.1, -0.05) is 81.8 Å². The van der Waals surface area contributed by atoms with Gasteiger partial charge in [0.1, 0.15) is 6.29 Å². The Morgan fingerprint density at radius 2 is 1.56 bits per heavy atom. The lowest BCUT2D eigenvalue weighted by molar-refractivity contribution is -0.121. The molecule has 0 aliphatic heterocycles. The molecule has 1 unspecified atom stereocenters. The molecule has 0 bridgehead atoms. The number of aldehydes is 1. The standard InChI is InChI=1S/C16H24N2O.C9H13N.C3H4O.C3H8.CH3NO/c1-13(2)9-10-16(19)18-15(12-17-3)11-14-7-5-4-6-8-14;1-3-8-4-5-9(10)7(2)6-8;1-2-3-4;1-3-2;2-1-3/h4-8,15,17H,1,9-12H2,2-3H3,(H,18,19);4-6H,3,10H2,1-2H3;2-3H,1H2;3H2,1-2H3;1H,(H2,2,3). The Bertz CT molecular complexity index is 909. The third-order valence-corrected chi connectivity index (χ3v) is 4.76. The van der Waals surface area contributed by atoms with Crippen molar-refractivity contribution in [1.82, 2.24) is 10.6 Å². The predicted molar refractivity (Wildman–Crippen MR) is 167 cm³/mol. The van der Waals surface area contributed by atoms with E-state index < -0.39 is 0 Å². The van der Waals surface area contributed by atoms with Crippen molar-refractivity contribution in [2.75, 3.05) is 19.3 Å². The number of likely N-dealkylation sites (N-methyl/N-ethyl adjacent to an activating group) is 1. The van der Waals surface area contributed by atoms with Gasteiger partial charge in [0, 0.05) is 24.7 Å². The maximum absolute atomic E-state index is 11.8. The summed E-state index contributed by atoms with van der Waals surface area (Å²) in [6, 6.07) is 16.5. The largest absolute Gasteiger partial charge is 0.399 e. The van der Waals surface area contributed by atoms with Gasteiger partial charge in [-0.15, -0.1) is 6.58 Å². The molecular formula is C32H52N4O3. The lowest BCUT2D eigenvalue weighted by Crippen LogP contribution is -2.42. The van der Waals surface area contributed by atoms with E-state index in [0.717, 1.165) is 37.1 Å². The zero-order valence-corrected chi connectivity index (χ0v) is 25.0. The quantitative estimate of drug-likeness (QED) is 0.140. The number of benzene rings is 2. The van der Waals surface area contributed by atoms with Crippen LogP contribution in [0.25, 0.3) is 0 Å². The minimum Gasteiger partial charge on any atom is -0.399 e. The summed E-state index contributed by atoms with van der Waals surface area (Å²) in [4.78, 5) is 29.5. The van der Waals surface area contributed by atoms with Crippen molar-refractivity contribution >= 4 is 24.3 Å². The highest BCUT2D eigenvalue weighted by molar-refractivity contribution is 5.76. The van der Waals surface area contributed by atoms with Crippen LogP contribution < -0.4 is 22.1 Å². The van der Waals surface area contributed by atoms with Gasteiger partial charge in [-0.2, -0.15) is 0 Å². The van der Waals surface area contributed by atoms with Crippen LogP contribution in [0.4, 0.5) is 5.69 Å². The van der Waals surface area contributed by atoms with E-state index in [4.69, 9.17) is 15.3 Å². The summed E-state index contributed by atoms with van der Waals surface area (Å²) in [5.41, 5.74) is 15.5. The maximum Gasteiger partial charge on any atom is 0.220 e. The Kier molecular flexibility index (Phi) is 29.4. The average molecular weight is 541 g/mol. The molecule has 6 N–H and O–H groups in total. The van der Waals surface area contributed by atoms with E-state index in [-0.39, 0.29) is 18.4 Å². The minimum absolute atomic E-state index is 0.0965. The third-order valence-electron chi connectivity index (χ3n) is 4.76. The van der Waals surface area contributed by atoms with Gasteiger partial charge in [0.25, 0.3) is 0 Å². The van der Waals surface area contributed by atoms with Gasteiger partial charge < -0.3 is 22.1 Å². The predicted octanol–water partition coefficient (Wildman–Crippen LogP) is 5.32. The first kappa shape index (κ1) is 39.8. The first-order valence-corrected chi connectivity index (χ1v) is 13.3. The molecule has 0 aliphatic carbocycles. The molecule has 0 saturated carbocycles. The Hall–Kier alpha value is -3.71. The number of hydrogen-bond acceptors (Lipinski definition) is 5. The molecule has 0 heterocycles. The zero-order valence-electron chi connectivity index (χ0n) is 25.0. The number of anilines is 1. The molecule has 0 spiro atoms. The van der Waals surface area contributed by atoms with E-state index in [2.05, 4.69) is 74.6 Å². The number of allylic oxidation sites excluding steroid dienone is 2. The van der Waals surface area contributed by atoms with Crippen molar-refractivity contribution in [3.63, 3.8) is 0 Å². The summed E-state index contributed by atoms with van der Waals surface area (Å²) in [5.74, 6) is 0.0965. The molecule has 39 heavy (non-hydrogen) atoms. The molecular weight excluding hydrogens is 488 g/mol. The lowest BCUT2D eigenvalue weighted by Gasteiger charge is -2.18. The molecule has 2 aromatic rings. The first-order chi connectivity index (χ1) is 18.6. The van der Waals surface area contributed by atoms with Crippen molar-refractivity contribution < 1.29 is 14.4 Å². The van der Waals surface area contributed by atoms with E-state index in [9.17, 15) is 4.79 Å². The number of hydrogen-bond donors (Lipinski definition) is 4. The Morgan fingerprint density at radius 3 is 1.97 bits per heavy atom. The van der Waals surface area contributed by atoms with Crippen molar-refractivity contribution in [2.24, 2.45) is 5.73 Å². The number of rotatable bonds is 10. The van der Waals surface area contributed by atoms with Crippen LogP contribution in [0.1, 0.15) is 63.6 Å². The molecule has 218 valence electrons. The second-order valence-electron chi connectivity index (χ2n) is 8.73. The fourth-order valence-corrected chi connectivity index (χ4v) is 2.90. The molecule has 0 fully saturated rings. The topological polar surface area (TPSA) is 127 Å². The molecule has 7 heteroatoms. The number of nitrogens with two attached hydrogens (primary N) is 2. The van der Waals surface area contributed by atoms with Crippen LogP contribution in [-0.2, 0) is 27.2 Å². The molecule has 0 aliphatic rings. The van der Waals surface area contributed by atoms with Crippen LogP contribution in [-0.4, -0.2) is 38.2 Å². The van der Waals surface area contributed by atoms with Crippen LogP contribution in [0.3, 0.4) is 0 Å². The number of nitrogens with one attached hydrogen (secondary N) is 2. The molecule has 2 rings (SSSR count). The van der Waals surface area contributed by atoms with Crippen molar-refractivity contribution in [2.45, 2.75) is 72.8 Å². The monoisotopic (exact) mass is 540 g/mol. The molecule has 0 aromatic heterocycles. The van der Waals surface area contributed by atoms with Gasteiger partial charge in [0.15, 0.2) is 0 Å². The number of carbonyl (C=O) groups is 3. The molecule has 7 nitrogen and oxygen atoms in total. The van der Waals surface area contributed by atoms with Gasteiger partial charge in [-0.25, -0.2) is 0 Å². The summed E-state index contributed by atoms with van der Waals surface area (Å²) in [6.07, 6.45) is 6.54. The van der Waals surface area contributed by atoms with Crippen LogP contribution in [0.15, 0.2) is 73.3 Å². The first-order valence-electron chi connectivity index (χ1n) is 13.3. The number of amides is 2. The summed E-state index contributed by atoms with van der Waals surface area (Å²) >= 11 is 0. The summed E-state index contributed by atoms with van der Waals surface area (Å²) in [7, 11) is 1.90. The fourth-order valence-electron chi connectivity index (χ4n) is 2.90. The summed E-state index contributed by atoms with van der Waals surface area (Å²) < 4.78 is 0. The number of aryl methyl sites for hydroxylation is 2. The van der Waals surface area contributed by atoms with Crippen molar-refractivity contribution in [3.8, 4) is 0 Å². The fraction of sp³-hybridized carbons (Fsp3) is 0.406. The molecule has 1 atom stereocenters. The second-order valence-corrected chi connectivity index (χ2v) is 8.73. The number of nitrogen functional groups attached to an aromatic ring is 1. The van der Waals surface area contributed by atoms with E-state index in [0.29, 0.717) is 12.7 Å². The van der Waals surface area contributed by atoms with E-state index >= 15 is 0 Å². The SMILES string of the molecule is C=C(C)CCC(=O)NC(CNC)Cc1ccccc1.C=CC=O.CCC.CCc1ccc(N)c(C)c1.NC=O. The lowest BCUT2D eigenvalue weighted by atomic mass is 10.1. The second kappa shape index (κ2) is 28.9. The summed E-state index contributed by atoms with van der Waals surface area (Å²) in [6.45, 7) is 18.1. The maximum atomic E-state index is 11.8. The minimum atomic E-state index is 0.0965. The van der Waals surface area contributed by atoms with E-state index in [1.165, 1.54) is 29.2 Å². The average Bonchev–Trinajstić information content (AvgIpc) is 2.91. The Morgan fingerprint density at radius 1 is 1.03 bits per heavy atom. The third kappa shape index (κ3) is 27.1. The molecule has 2 aromatic carbocycles. The number of carbonyl (C=O) groups excluding carboxylic acids is 3. The normalized spacial score (nSPS) is 9.59. The van der Waals surface area contributed by atoms with Gasteiger partial charge in [0.2, 0.25) is 12.3 Å². The molecule has 0 saturated heterocycles. The zero-order chi connectivity index (χ0) is 30.5. The van der Waals surface area contributed by atoms with Crippen LogP contribution in [0.2, 0.25) is 0 Å². The highest BCUT2D eigenvalue weighted by atomic mass is 16.1. The van der Waals surface area contributed by atoms with Crippen LogP contribution >= 0.6 is 0 Å². The summed E-state index contributed by atoms with van der Waals surface area (Å²) in [5, 5.41) is 6.21. The van der Waals surface area contributed by atoms with Crippen LogP contribution in [0, 0.1) is 6.92 Å². The highest BCUT2D eigenvalue weighted by Gasteiger charge is 2.12.